The maximum absolute atomic E-state index is 13.4. The van der Waals surface area contributed by atoms with Gasteiger partial charge in [0.2, 0.25) is 5.91 Å². The lowest BCUT2D eigenvalue weighted by atomic mass is 9.70. The molecule has 1 N–H and O–H groups in total. The summed E-state index contributed by atoms with van der Waals surface area (Å²) in [7, 11) is 0. The Labute approximate surface area is 199 Å². The zero-order valence-electron chi connectivity index (χ0n) is 19.0. The van der Waals surface area contributed by atoms with Crippen LogP contribution in [0.2, 0.25) is 0 Å². The molecule has 2 amide bonds. The van der Waals surface area contributed by atoms with E-state index < -0.39 is 22.9 Å². The number of aliphatic hydroxyl groups is 1. The fourth-order valence-corrected chi connectivity index (χ4v) is 5.52. The van der Waals surface area contributed by atoms with Crippen LogP contribution < -0.4 is 0 Å². The molecule has 11 heteroatoms. The summed E-state index contributed by atoms with van der Waals surface area (Å²) in [5.74, 6) is -1.58. The van der Waals surface area contributed by atoms with Gasteiger partial charge in [-0.15, -0.1) is 0 Å². The smallest absolute Gasteiger partial charge is 0.396 e. The lowest BCUT2D eigenvalue weighted by molar-refractivity contribution is -0.205. The first-order chi connectivity index (χ1) is 16.6. The van der Waals surface area contributed by atoms with E-state index in [4.69, 9.17) is 0 Å². The number of nitrogens with zero attached hydrogens (tertiary/aromatic N) is 4. The largest absolute Gasteiger partial charge is 0.403 e. The minimum Gasteiger partial charge on any atom is -0.396 e. The number of hydrogen-bond donors (Lipinski definition) is 1. The van der Waals surface area contributed by atoms with Crippen molar-refractivity contribution in [2.75, 3.05) is 32.8 Å². The van der Waals surface area contributed by atoms with Gasteiger partial charge in [-0.1, -0.05) is 12.1 Å². The first-order valence-corrected chi connectivity index (χ1v) is 11.6. The molecule has 1 atom stereocenters. The summed E-state index contributed by atoms with van der Waals surface area (Å²) in [6.07, 6.45) is -1.44. The fourth-order valence-electron chi connectivity index (χ4n) is 5.52. The van der Waals surface area contributed by atoms with Crippen LogP contribution in [0.25, 0.3) is 0 Å². The summed E-state index contributed by atoms with van der Waals surface area (Å²) in [6.45, 7) is 1.23. The highest BCUT2D eigenvalue weighted by Crippen LogP contribution is 2.60. The second-order valence-electron chi connectivity index (χ2n) is 10.1. The molecule has 5 rings (SSSR count). The van der Waals surface area contributed by atoms with Crippen LogP contribution in [0.1, 0.15) is 35.2 Å². The van der Waals surface area contributed by atoms with Crippen molar-refractivity contribution in [2.24, 2.45) is 16.7 Å². The minimum absolute atomic E-state index is 0.107. The van der Waals surface area contributed by atoms with Gasteiger partial charge in [0.25, 0.3) is 5.91 Å². The van der Waals surface area contributed by atoms with Crippen molar-refractivity contribution in [3.05, 3.63) is 53.6 Å². The molecule has 7 nitrogen and oxygen atoms in total. The highest BCUT2D eigenvalue weighted by atomic mass is 19.4. The van der Waals surface area contributed by atoms with Gasteiger partial charge in [-0.25, -0.2) is 4.39 Å². The summed E-state index contributed by atoms with van der Waals surface area (Å²) < 4.78 is 54.9. The van der Waals surface area contributed by atoms with E-state index in [1.165, 1.54) is 23.2 Å². The van der Waals surface area contributed by atoms with Gasteiger partial charge in [0.05, 0.1) is 18.3 Å². The number of aliphatic hydroxyl groups excluding tert-OH is 1. The van der Waals surface area contributed by atoms with Gasteiger partial charge < -0.3 is 14.9 Å². The topological polar surface area (TPSA) is 78.7 Å². The van der Waals surface area contributed by atoms with E-state index in [0.717, 1.165) is 5.56 Å². The summed E-state index contributed by atoms with van der Waals surface area (Å²) in [5.41, 5.74) is -1.56. The molecule has 0 bridgehead atoms. The van der Waals surface area contributed by atoms with Gasteiger partial charge in [0, 0.05) is 44.4 Å². The van der Waals surface area contributed by atoms with Gasteiger partial charge in [-0.3, -0.25) is 14.3 Å². The second-order valence-corrected chi connectivity index (χ2v) is 10.1. The van der Waals surface area contributed by atoms with E-state index in [1.54, 1.807) is 27.9 Å². The molecule has 1 aliphatic carbocycles. The summed E-state index contributed by atoms with van der Waals surface area (Å²) in [6, 6.07) is 5.97. The molecule has 2 saturated heterocycles. The Morgan fingerprint density at radius 2 is 1.74 bits per heavy atom. The van der Waals surface area contributed by atoms with Crippen molar-refractivity contribution in [1.82, 2.24) is 19.6 Å². The molecule has 0 radical (unpaired) electrons. The van der Waals surface area contributed by atoms with Gasteiger partial charge in [-0.2, -0.15) is 18.3 Å². The van der Waals surface area contributed by atoms with E-state index in [0.29, 0.717) is 31.6 Å². The number of halogens is 4. The van der Waals surface area contributed by atoms with Crippen molar-refractivity contribution in [1.29, 1.82) is 0 Å². The van der Waals surface area contributed by atoms with Crippen LogP contribution >= 0.6 is 0 Å². The number of aromatic nitrogens is 2. The van der Waals surface area contributed by atoms with Gasteiger partial charge in [-0.05, 0) is 42.9 Å². The zero-order valence-corrected chi connectivity index (χ0v) is 19.0. The van der Waals surface area contributed by atoms with Crippen molar-refractivity contribution in [3.8, 4) is 0 Å². The molecule has 3 heterocycles. The average molecular weight is 494 g/mol. The fraction of sp³-hybridized carbons (Fsp3) is 0.542. The Balaban J connectivity index is 1.25. The van der Waals surface area contributed by atoms with Crippen LogP contribution in [0.5, 0.6) is 0 Å². The Kier molecular flexibility index (Phi) is 5.65. The van der Waals surface area contributed by atoms with Gasteiger partial charge >= 0.3 is 6.18 Å². The Bertz CT molecular complexity index is 1120. The molecule has 2 aliphatic heterocycles. The predicted molar refractivity (Wildman–Crippen MR) is 116 cm³/mol. The molecule has 1 spiro atoms. The molecular formula is C24H26F4N4O3. The number of alkyl halides is 3. The van der Waals surface area contributed by atoms with Crippen molar-refractivity contribution >= 4 is 11.8 Å². The number of carbonyl (C=O) groups excluding carboxylic acids is 2. The number of amides is 2. The molecule has 3 fully saturated rings. The Morgan fingerprint density at radius 3 is 2.34 bits per heavy atom. The molecule has 35 heavy (non-hydrogen) atoms. The highest BCUT2D eigenvalue weighted by Gasteiger charge is 2.71. The van der Waals surface area contributed by atoms with Crippen LogP contribution in [0.15, 0.2) is 36.7 Å². The Morgan fingerprint density at radius 1 is 1.09 bits per heavy atom. The normalized spacial score (nSPS) is 22.4. The number of benzene rings is 1. The summed E-state index contributed by atoms with van der Waals surface area (Å²) >= 11 is 0. The molecule has 1 aromatic carbocycles. The minimum atomic E-state index is -4.55. The predicted octanol–water partition coefficient (Wildman–Crippen LogP) is 2.70. The van der Waals surface area contributed by atoms with E-state index in [9.17, 15) is 32.3 Å². The first kappa shape index (κ1) is 23.8. The van der Waals surface area contributed by atoms with E-state index in [-0.39, 0.29) is 50.2 Å². The number of hydrogen-bond acceptors (Lipinski definition) is 4. The third-order valence-electron chi connectivity index (χ3n) is 7.72. The third kappa shape index (κ3) is 4.09. The van der Waals surface area contributed by atoms with E-state index in [1.807, 2.05) is 0 Å². The van der Waals surface area contributed by atoms with Crippen LogP contribution in [0.3, 0.4) is 0 Å². The number of likely N-dealkylation sites (tertiary alicyclic amines) is 2. The quantitative estimate of drug-likeness (QED) is 0.627. The summed E-state index contributed by atoms with van der Waals surface area (Å²) in [4.78, 5) is 28.7. The molecule has 188 valence electrons. The van der Waals surface area contributed by atoms with Crippen molar-refractivity contribution in [2.45, 2.75) is 32.0 Å². The zero-order chi connectivity index (χ0) is 25.0. The average Bonchev–Trinajstić information content (AvgIpc) is 3.35. The van der Waals surface area contributed by atoms with Crippen LogP contribution in [0.4, 0.5) is 17.6 Å². The van der Waals surface area contributed by atoms with Crippen LogP contribution in [-0.4, -0.2) is 75.5 Å². The highest BCUT2D eigenvalue weighted by molar-refractivity contribution is 5.94. The van der Waals surface area contributed by atoms with E-state index in [2.05, 4.69) is 5.10 Å². The van der Waals surface area contributed by atoms with Gasteiger partial charge in [0.15, 0.2) is 0 Å². The third-order valence-corrected chi connectivity index (χ3v) is 7.72. The number of carbonyl (C=O) groups is 2. The van der Waals surface area contributed by atoms with Gasteiger partial charge in [0.1, 0.15) is 11.2 Å². The molecule has 3 aliphatic rings. The molecular weight excluding hydrogens is 468 g/mol. The van der Waals surface area contributed by atoms with E-state index >= 15 is 0 Å². The number of rotatable bonds is 6. The maximum atomic E-state index is 13.4. The standard InChI is InChI=1S/C24H26F4N4O3/c25-19-3-1-16(2-4-19)10-32-11-17(9-29-32)20(34)30-12-18(5-8-33)22(13-30)14-31(15-22)21(35)23(6-7-23)24(26,27)28/h1-4,9,11,18,33H,5-8,10,12-15H2. The first-order valence-electron chi connectivity index (χ1n) is 11.6. The molecule has 1 unspecified atom stereocenters. The molecule has 1 aromatic heterocycles. The molecule has 1 saturated carbocycles. The van der Waals surface area contributed by atoms with Crippen LogP contribution in [-0.2, 0) is 11.3 Å². The lowest BCUT2D eigenvalue weighted by Gasteiger charge is -2.52. The van der Waals surface area contributed by atoms with Crippen LogP contribution in [0, 0.1) is 22.6 Å². The second kappa shape index (κ2) is 8.32. The lowest BCUT2D eigenvalue weighted by Crippen LogP contribution is -2.64. The SMILES string of the molecule is O=C(c1cnn(Cc2ccc(F)cc2)c1)N1CC(CCO)C2(C1)CN(C(=O)C1(C(F)(F)F)CC1)C2. The van der Waals surface area contributed by atoms with Crippen molar-refractivity contribution < 1.29 is 32.3 Å². The molecule has 2 aromatic rings. The monoisotopic (exact) mass is 494 g/mol. The van der Waals surface area contributed by atoms with Crippen molar-refractivity contribution in [3.63, 3.8) is 0 Å². The summed E-state index contributed by atoms with van der Waals surface area (Å²) in [5, 5.41) is 13.8. The Hall–Kier alpha value is -2.95. The maximum Gasteiger partial charge on any atom is 0.403 e.